The Hall–Kier alpha value is -1.32. The van der Waals surface area contributed by atoms with Crippen molar-refractivity contribution in [1.29, 1.82) is 0 Å². The van der Waals surface area contributed by atoms with Crippen molar-refractivity contribution in [3.8, 4) is 0 Å². The SMILES string of the molecule is CNc1nc(C)nc(N2CCCC2(C)C)c1C. The predicted molar refractivity (Wildman–Crippen MR) is 71.7 cm³/mol. The van der Waals surface area contributed by atoms with Crippen LogP contribution in [0, 0.1) is 13.8 Å². The average Bonchev–Trinajstić information content (AvgIpc) is 2.61. The van der Waals surface area contributed by atoms with Gasteiger partial charge in [0.2, 0.25) is 0 Å². The van der Waals surface area contributed by atoms with E-state index in [9.17, 15) is 0 Å². The molecule has 1 aromatic rings. The molecule has 0 amide bonds. The fourth-order valence-corrected chi connectivity index (χ4v) is 2.62. The highest BCUT2D eigenvalue weighted by atomic mass is 15.3. The minimum atomic E-state index is 0.205. The zero-order valence-electron chi connectivity index (χ0n) is 11.5. The van der Waals surface area contributed by atoms with Crippen LogP contribution in [0.4, 0.5) is 11.6 Å². The molecule has 4 nitrogen and oxygen atoms in total. The highest BCUT2D eigenvalue weighted by molar-refractivity contribution is 5.60. The number of rotatable bonds is 2. The van der Waals surface area contributed by atoms with Crippen LogP contribution in [0.15, 0.2) is 0 Å². The lowest BCUT2D eigenvalue weighted by molar-refractivity contribution is 0.513. The van der Waals surface area contributed by atoms with Gasteiger partial charge in [-0.25, -0.2) is 9.97 Å². The molecule has 0 atom stereocenters. The normalized spacial score (nSPS) is 18.5. The lowest BCUT2D eigenvalue weighted by atomic mass is 10.0. The molecule has 0 bridgehead atoms. The van der Waals surface area contributed by atoms with Gasteiger partial charge in [0, 0.05) is 24.7 Å². The monoisotopic (exact) mass is 234 g/mol. The van der Waals surface area contributed by atoms with Crippen molar-refractivity contribution in [2.75, 3.05) is 23.8 Å². The molecule has 1 N–H and O–H groups in total. The quantitative estimate of drug-likeness (QED) is 0.853. The lowest BCUT2D eigenvalue weighted by Gasteiger charge is -2.34. The fourth-order valence-electron chi connectivity index (χ4n) is 2.62. The first-order valence-electron chi connectivity index (χ1n) is 6.26. The Kier molecular flexibility index (Phi) is 2.98. The molecule has 0 unspecified atom stereocenters. The number of nitrogens with zero attached hydrogens (tertiary/aromatic N) is 3. The molecular weight excluding hydrogens is 212 g/mol. The summed E-state index contributed by atoms with van der Waals surface area (Å²) in [5, 5.41) is 3.15. The van der Waals surface area contributed by atoms with E-state index < -0.39 is 0 Å². The molecule has 94 valence electrons. The van der Waals surface area contributed by atoms with Crippen LogP contribution in [-0.2, 0) is 0 Å². The first kappa shape index (κ1) is 12.1. The van der Waals surface area contributed by atoms with Crippen molar-refractivity contribution >= 4 is 11.6 Å². The van der Waals surface area contributed by atoms with Gasteiger partial charge in [0.1, 0.15) is 17.5 Å². The molecule has 17 heavy (non-hydrogen) atoms. The van der Waals surface area contributed by atoms with Crippen molar-refractivity contribution in [3.05, 3.63) is 11.4 Å². The first-order valence-corrected chi connectivity index (χ1v) is 6.26. The lowest BCUT2D eigenvalue weighted by Crippen LogP contribution is -2.39. The summed E-state index contributed by atoms with van der Waals surface area (Å²) in [7, 11) is 1.91. The Balaban J connectivity index is 2.48. The minimum Gasteiger partial charge on any atom is -0.373 e. The molecule has 0 saturated carbocycles. The van der Waals surface area contributed by atoms with Gasteiger partial charge in [0.05, 0.1) is 0 Å². The Morgan fingerprint density at radius 1 is 1.24 bits per heavy atom. The Morgan fingerprint density at radius 3 is 2.47 bits per heavy atom. The second kappa shape index (κ2) is 4.17. The van der Waals surface area contributed by atoms with Gasteiger partial charge >= 0.3 is 0 Å². The third-order valence-corrected chi connectivity index (χ3v) is 3.63. The number of hydrogen-bond acceptors (Lipinski definition) is 4. The summed E-state index contributed by atoms with van der Waals surface area (Å²) in [6.07, 6.45) is 2.47. The Morgan fingerprint density at radius 2 is 1.94 bits per heavy atom. The minimum absolute atomic E-state index is 0.205. The summed E-state index contributed by atoms with van der Waals surface area (Å²) in [5.74, 6) is 2.86. The van der Waals surface area contributed by atoms with Gasteiger partial charge in [-0.2, -0.15) is 0 Å². The van der Waals surface area contributed by atoms with Gasteiger partial charge in [-0.15, -0.1) is 0 Å². The first-order chi connectivity index (χ1) is 7.95. The van der Waals surface area contributed by atoms with Gasteiger partial charge in [0.25, 0.3) is 0 Å². The summed E-state index contributed by atoms with van der Waals surface area (Å²) >= 11 is 0. The molecule has 1 saturated heterocycles. The van der Waals surface area contributed by atoms with Crippen LogP contribution in [0.3, 0.4) is 0 Å². The van der Waals surface area contributed by atoms with Crippen molar-refractivity contribution in [2.45, 2.75) is 46.1 Å². The Labute approximate surface area is 103 Å². The molecule has 0 aromatic carbocycles. The van der Waals surface area contributed by atoms with Crippen LogP contribution in [0.5, 0.6) is 0 Å². The van der Waals surface area contributed by atoms with Crippen molar-refractivity contribution in [1.82, 2.24) is 9.97 Å². The predicted octanol–water partition coefficient (Wildman–Crippen LogP) is 2.51. The van der Waals surface area contributed by atoms with Crippen LogP contribution >= 0.6 is 0 Å². The average molecular weight is 234 g/mol. The van der Waals surface area contributed by atoms with E-state index in [-0.39, 0.29) is 5.54 Å². The van der Waals surface area contributed by atoms with Crippen LogP contribution in [0.25, 0.3) is 0 Å². The molecule has 0 spiro atoms. The summed E-state index contributed by atoms with van der Waals surface area (Å²) in [5.41, 5.74) is 1.35. The van der Waals surface area contributed by atoms with E-state index in [1.807, 2.05) is 14.0 Å². The smallest absolute Gasteiger partial charge is 0.137 e. The van der Waals surface area contributed by atoms with Crippen LogP contribution in [-0.4, -0.2) is 29.1 Å². The second-order valence-corrected chi connectivity index (χ2v) is 5.39. The maximum atomic E-state index is 4.63. The molecule has 1 aromatic heterocycles. The van der Waals surface area contributed by atoms with E-state index in [1.54, 1.807) is 0 Å². The van der Waals surface area contributed by atoms with E-state index in [2.05, 4.69) is 41.0 Å². The van der Waals surface area contributed by atoms with Gasteiger partial charge < -0.3 is 10.2 Å². The number of aromatic nitrogens is 2. The van der Waals surface area contributed by atoms with E-state index in [1.165, 1.54) is 12.8 Å². The second-order valence-electron chi connectivity index (χ2n) is 5.39. The molecule has 4 heteroatoms. The summed E-state index contributed by atoms with van der Waals surface area (Å²) in [6.45, 7) is 9.71. The molecule has 1 aliphatic heterocycles. The maximum absolute atomic E-state index is 4.63. The van der Waals surface area contributed by atoms with Gasteiger partial charge in [-0.1, -0.05) is 0 Å². The van der Waals surface area contributed by atoms with Crippen molar-refractivity contribution < 1.29 is 0 Å². The molecule has 1 fully saturated rings. The van der Waals surface area contributed by atoms with E-state index in [4.69, 9.17) is 0 Å². The molecule has 2 heterocycles. The van der Waals surface area contributed by atoms with Crippen molar-refractivity contribution in [3.63, 3.8) is 0 Å². The molecule has 2 rings (SSSR count). The largest absolute Gasteiger partial charge is 0.373 e. The summed E-state index contributed by atoms with van der Waals surface area (Å²) < 4.78 is 0. The van der Waals surface area contributed by atoms with Crippen molar-refractivity contribution in [2.24, 2.45) is 0 Å². The zero-order chi connectivity index (χ0) is 12.6. The third-order valence-electron chi connectivity index (χ3n) is 3.63. The molecule has 1 aliphatic rings. The fraction of sp³-hybridized carbons (Fsp3) is 0.692. The number of aryl methyl sites for hydroxylation is 1. The summed E-state index contributed by atoms with van der Waals surface area (Å²) in [6, 6.07) is 0. The Bertz CT molecular complexity index is 426. The van der Waals surface area contributed by atoms with Gasteiger partial charge in [-0.3, -0.25) is 0 Å². The zero-order valence-corrected chi connectivity index (χ0v) is 11.5. The number of nitrogens with one attached hydrogen (secondary N) is 1. The molecular formula is C13H22N4. The highest BCUT2D eigenvalue weighted by Crippen LogP contribution is 2.35. The van der Waals surface area contributed by atoms with E-state index in [0.29, 0.717) is 0 Å². The summed E-state index contributed by atoms with van der Waals surface area (Å²) in [4.78, 5) is 11.5. The number of anilines is 2. The van der Waals surface area contributed by atoms with E-state index >= 15 is 0 Å². The topological polar surface area (TPSA) is 41.1 Å². The van der Waals surface area contributed by atoms with Gasteiger partial charge in [0.15, 0.2) is 0 Å². The molecule has 0 radical (unpaired) electrons. The number of hydrogen-bond donors (Lipinski definition) is 1. The standard InChI is InChI=1S/C13H22N4/c1-9-11(14-5)15-10(2)16-12(9)17-8-6-7-13(17,3)4/h6-8H2,1-5H3,(H,14,15,16). The highest BCUT2D eigenvalue weighted by Gasteiger charge is 2.34. The van der Waals surface area contributed by atoms with Crippen LogP contribution < -0.4 is 10.2 Å². The van der Waals surface area contributed by atoms with E-state index in [0.717, 1.165) is 29.6 Å². The van der Waals surface area contributed by atoms with Crippen LogP contribution in [0.2, 0.25) is 0 Å². The van der Waals surface area contributed by atoms with Crippen LogP contribution in [0.1, 0.15) is 38.1 Å². The molecule has 0 aliphatic carbocycles. The third kappa shape index (κ3) is 2.08. The van der Waals surface area contributed by atoms with Gasteiger partial charge in [-0.05, 0) is 40.5 Å². The maximum Gasteiger partial charge on any atom is 0.137 e.